The highest BCUT2D eigenvalue weighted by Crippen LogP contribution is 2.31. The van der Waals surface area contributed by atoms with Gasteiger partial charge in [0.05, 0.1) is 16.7 Å². The molecule has 0 aliphatic rings. The van der Waals surface area contributed by atoms with E-state index in [1.54, 1.807) is 0 Å². The molecule has 0 atom stereocenters. The molecule has 0 bridgehead atoms. The van der Waals surface area contributed by atoms with Gasteiger partial charge in [0, 0.05) is 10.8 Å². The number of hydrogen-bond acceptors (Lipinski definition) is 5. The van der Waals surface area contributed by atoms with Gasteiger partial charge in [-0.15, -0.1) is 0 Å². The van der Waals surface area contributed by atoms with E-state index < -0.39 is 0 Å². The summed E-state index contributed by atoms with van der Waals surface area (Å²) >= 11 is 0. The summed E-state index contributed by atoms with van der Waals surface area (Å²) in [5, 5.41) is 1.77. The van der Waals surface area contributed by atoms with Gasteiger partial charge in [0.1, 0.15) is 11.3 Å². The van der Waals surface area contributed by atoms with Gasteiger partial charge in [-0.05, 0) is 18.2 Å². The maximum absolute atomic E-state index is 6.43. The Morgan fingerprint density at radius 3 is 2.39 bits per heavy atom. The molecule has 0 aliphatic heterocycles. The number of rotatable bonds is 0. The summed E-state index contributed by atoms with van der Waals surface area (Å²) < 4.78 is 1.93. The lowest BCUT2D eigenvalue weighted by Crippen LogP contribution is -2.00. The fraction of sp³-hybridized carbons (Fsp3) is 0. The highest BCUT2D eigenvalue weighted by atomic mass is 15.1. The van der Waals surface area contributed by atoms with Crippen LogP contribution in [0, 0.1) is 0 Å². The minimum Gasteiger partial charge on any atom is -0.396 e. The normalized spacial score (nSPS) is 11.8. The van der Waals surface area contributed by atoms with Crippen molar-refractivity contribution < 1.29 is 0 Å². The summed E-state index contributed by atoms with van der Waals surface area (Å²) in [6, 6.07) is 15.6. The molecular weight excluding hydrogens is 288 g/mol. The lowest BCUT2D eigenvalue weighted by Gasteiger charge is -2.07. The molecular formula is C17H12N6. The van der Waals surface area contributed by atoms with Gasteiger partial charge in [0.25, 0.3) is 0 Å². The Hall–Kier alpha value is -3.41. The van der Waals surface area contributed by atoms with E-state index in [0.29, 0.717) is 22.9 Å². The Bertz CT molecular complexity index is 1240. The quantitative estimate of drug-likeness (QED) is 0.458. The topological polar surface area (TPSA) is 95.1 Å². The van der Waals surface area contributed by atoms with Crippen molar-refractivity contribution in [2.75, 3.05) is 11.5 Å². The molecule has 0 fully saturated rings. The zero-order valence-corrected chi connectivity index (χ0v) is 12.1. The number of para-hydroxylation sites is 2. The van der Waals surface area contributed by atoms with Crippen LogP contribution in [0.2, 0.25) is 0 Å². The molecule has 3 heterocycles. The number of fused-ring (bicyclic) bond motifs is 6. The van der Waals surface area contributed by atoms with Crippen LogP contribution < -0.4 is 11.5 Å². The van der Waals surface area contributed by atoms with Gasteiger partial charge >= 0.3 is 0 Å². The van der Waals surface area contributed by atoms with Crippen LogP contribution in [0.3, 0.4) is 0 Å². The smallest absolute Gasteiger partial charge is 0.238 e. The van der Waals surface area contributed by atoms with Gasteiger partial charge in [0.2, 0.25) is 5.78 Å². The third-order valence-corrected chi connectivity index (χ3v) is 4.16. The number of hydrogen-bond donors (Lipinski definition) is 2. The molecule has 0 saturated carbocycles. The van der Waals surface area contributed by atoms with E-state index in [4.69, 9.17) is 11.5 Å². The molecule has 0 radical (unpaired) electrons. The van der Waals surface area contributed by atoms with Crippen molar-refractivity contribution in [3.05, 3.63) is 48.5 Å². The first-order valence-electron chi connectivity index (χ1n) is 7.24. The average Bonchev–Trinajstić information content (AvgIpc) is 2.93. The fourth-order valence-corrected chi connectivity index (χ4v) is 3.11. The third kappa shape index (κ3) is 1.49. The van der Waals surface area contributed by atoms with Crippen LogP contribution in [-0.2, 0) is 0 Å². The molecule has 0 spiro atoms. The van der Waals surface area contributed by atoms with Gasteiger partial charge in [-0.2, -0.15) is 9.97 Å². The van der Waals surface area contributed by atoms with Crippen LogP contribution in [0.25, 0.3) is 38.7 Å². The maximum Gasteiger partial charge on any atom is 0.238 e. The highest BCUT2D eigenvalue weighted by molar-refractivity contribution is 6.06. The first-order chi connectivity index (χ1) is 11.2. The molecule has 5 aromatic rings. The van der Waals surface area contributed by atoms with E-state index in [9.17, 15) is 0 Å². The second-order valence-corrected chi connectivity index (χ2v) is 5.48. The molecule has 3 aromatic heterocycles. The number of aromatic nitrogens is 4. The highest BCUT2D eigenvalue weighted by Gasteiger charge is 2.16. The van der Waals surface area contributed by atoms with Gasteiger partial charge in [-0.3, -0.25) is 4.40 Å². The first-order valence-corrected chi connectivity index (χ1v) is 7.24. The van der Waals surface area contributed by atoms with Crippen molar-refractivity contribution in [2.24, 2.45) is 0 Å². The number of nitrogens with zero attached hydrogens (tertiary/aromatic N) is 4. The lowest BCUT2D eigenvalue weighted by atomic mass is 10.1. The fourth-order valence-electron chi connectivity index (χ4n) is 3.11. The molecule has 0 amide bonds. The summed E-state index contributed by atoms with van der Waals surface area (Å²) in [5.41, 5.74) is 16.2. The van der Waals surface area contributed by atoms with Crippen LogP contribution in [0.1, 0.15) is 0 Å². The Morgan fingerprint density at radius 1 is 0.783 bits per heavy atom. The minimum atomic E-state index is 0.450. The van der Waals surface area contributed by atoms with E-state index in [0.717, 1.165) is 27.3 Å². The second kappa shape index (κ2) is 4.07. The van der Waals surface area contributed by atoms with Gasteiger partial charge in [-0.25, -0.2) is 4.98 Å². The van der Waals surface area contributed by atoms with Crippen molar-refractivity contribution in [3.63, 3.8) is 0 Å². The Labute approximate surface area is 130 Å². The predicted octanol–water partition coefficient (Wildman–Crippen LogP) is 2.75. The van der Waals surface area contributed by atoms with Crippen LogP contribution in [0.5, 0.6) is 0 Å². The van der Waals surface area contributed by atoms with Crippen molar-refractivity contribution in [2.45, 2.75) is 0 Å². The van der Waals surface area contributed by atoms with Gasteiger partial charge in [-0.1, -0.05) is 30.3 Å². The number of benzene rings is 2. The molecule has 6 nitrogen and oxygen atoms in total. The predicted molar refractivity (Wildman–Crippen MR) is 92.1 cm³/mol. The summed E-state index contributed by atoms with van der Waals surface area (Å²) in [6.07, 6.45) is 0. The number of nitrogens with two attached hydrogens (primary N) is 2. The summed E-state index contributed by atoms with van der Waals surface area (Å²) in [5.74, 6) is 0.956. The van der Waals surface area contributed by atoms with Crippen molar-refractivity contribution in [1.82, 2.24) is 19.4 Å². The zero-order valence-electron chi connectivity index (χ0n) is 12.1. The summed E-state index contributed by atoms with van der Waals surface area (Å²) in [6.45, 7) is 0. The lowest BCUT2D eigenvalue weighted by molar-refractivity contribution is 1.19. The van der Waals surface area contributed by atoms with Gasteiger partial charge in [0.15, 0.2) is 5.65 Å². The molecule has 4 N–H and O–H groups in total. The zero-order chi connectivity index (χ0) is 15.6. The average molecular weight is 300 g/mol. The van der Waals surface area contributed by atoms with Crippen LogP contribution in [0.15, 0.2) is 48.5 Å². The van der Waals surface area contributed by atoms with Crippen LogP contribution in [-0.4, -0.2) is 19.4 Å². The molecule has 110 valence electrons. The molecule has 2 aromatic carbocycles. The Morgan fingerprint density at radius 2 is 1.52 bits per heavy atom. The molecule has 23 heavy (non-hydrogen) atoms. The van der Waals surface area contributed by atoms with Gasteiger partial charge < -0.3 is 11.5 Å². The second-order valence-electron chi connectivity index (χ2n) is 5.48. The van der Waals surface area contributed by atoms with E-state index in [2.05, 4.69) is 15.0 Å². The van der Waals surface area contributed by atoms with E-state index in [-0.39, 0.29) is 0 Å². The minimum absolute atomic E-state index is 0.450. The molecule has 0 saturated heterocycles. The molecule has 6 heteroatoms. The number of imidazole rings is 1. The number of nitrogen functional groups attached to an aromatic ring is 2. The van der Waals surface area contributed by atoms with Crippen molar-refractivity contribution in [3.8, 4) is 0 Å². The van der Waals surface area contributed by atoms with Crippen LogP contribution >= 0.6 is 0 Å². The Balaban J connectivity index is 2.14. The molecule has 0 aliphatic carbocycles. The SMILES string of the molecule is Nc1nc2nc3nc4ccccc4c(N)c3n2c2ccccc12. The standard InChI is InChI=1S/C17H12N6/c18-13-9-5-1-3-7-11(9)20-16-14(13)23-12-8-4-2-6-10(12)15(19)21-17(23)22-16/h1-8H,(H4,18,19,20,21,22). The van der Waals surface area contributed by atoms with E-state index >= 15 is 0 Å². The van der Waals surface area contributed by atoms with Crippen LogP contribution in [0.4, 0.5) is 11.5 Å². The monoisotopic (exact) mass is 300 g/mol. The van der Waals surface area contributed by atoms with E-state index in [1.807, 2.05) is 52.9 Å². The number of pyridine rings is 1. The van der Waals surface area contributed by atoms with E-state index in [1.165, 1.54) is 0 Å². The largest absolute Gasteiger partial charge is 0.396 e. The molecule has 0 unspecified atom stereocenters. The molecule has 5 rings (SSSR count). The first kappa shape index (κ1) is 12.2. The Kier molecular flexibility index (Phi) is 2.15. The third-order valence-electron chi connectivity index (χ3n) is 4.16. The maximum atomic E-state index is 6.43. The summed E-state index contributed by atoms with van der Waals surface area (Å²) in [4.78, 5) is 13.5. The number of anilines is 2. The van der Waals surface area contributed by atoms with Crippen molar-refractivity contribution in [1.29, 1.82) is 0 Å². The van der Waals surface area contributed by atoms with Crippen molar-refractivity contribution >= 4 is 50.3 Å². The summed E-state index contributed by atoms with van der Waals surface area (Å²) in [7, 11) is 0.